The zero-order chi connectivity index (χ0) is 22.7. The number of amides is 2. The molecule has 0 spiro atoms. The number of hydrazone groups is 1. The zero-order valence-electron chi connectivity index (χ0n) is 17.7. The number of nitrogens with one attached hydrogen (secondary N) is 2. The first-order valence-electron chi connectivity index (χ1n) is 9.57. The molecule has 0 aliphatic carbocycles. The van der Waals surface area contributed by atoms with Gasteiger partial charge in [-0.3, -0.25) is 0 Å². The Kier molecular flexibility index (Phi) is 6.46. The molecule has 160 valence electrons. The highest BCUT2D eigenvalue weighted by Crippen LogP contribution is 2.25. The summed E-state index contributed by atoms with van der Waals surface area (Å²) < 4.78 is 1.94. The van der Waals surface area contributed by atoms with Crippen molar-refractivity contribution in [2.75, 3.05) is 5.32 Å². The Labute approximate surface area is 185 Å². The van der Waals surface area contributed by atoms with Crippen LogP contribution in [0.5, 0.6) is 0 Å². The summed E-state index contributed by atoms with van der Waals surface area (Å²) in [6, 6.07) is 12.0. The summed E-state index contributed by atoms with van der Waals surface area (Å²) >= 11 is 6.12. The van der Waals surface area contributed by atoms with Crippen molar-refractivity contribution < 1.29 is 14.7 Å². The fourth-order valence-corrected chi connectivity index (χ4v) is 3.65. The number of carbonyl (C=O) groups is 2. The van der Waals surface area contributed by atoms with E-state index >= 15 is 0 Å². The van der Waals surface area contributed by atoms with Crippen LogP contribution in [0.4, 0.5) is 10.5 Å². The molecule has 31 heavy (non-hydrogen) atoms. The second-order valence-electron chi connectivity index (χ2n) is 7.27. The van der Waals surface area contributed by atoms with Gasteiger partial charge in [0, 0.05) is 28.3 Å². The van der Waals surface area contributed by atoms with Gasteiger partial charge in [-0.25, -0.2) is 15.0 Å². The predicted molar refractivity (Wildman–Crippen MR) is 123 cm³/mol. The minimum atomic E-state index is -1.07. The highest BCUT2D eigenvalue weighted by atomic mass is 35.5. The molecule has 7 nitrogen and oxygen atoms in total. The number of halogens is 1. The van der Waals surface area contributed by atoms with Gasteiger partial charge in [-0.2, -0.15) is 5.10 Å². The molecule has 0 saturated heterocycles. The zero-order valence-corrected chi connectivity index (χ0v) is 18.4. The van der Waals surface area contributed by atoms with Crippen LogP contribution in [0.1, 0.15) is 38.4 Å². The minimum absolute atomic E-state index is 0.0497. The molecule has 8 heteroatoms. The second kappa shape index (κ2) is 9.06. The molecule has 3 N–H and O–H groups in total. The van der Waals surface area contributed by atoms with Gasteiger partial charge in [0.1, 0.15) is 0 Å². The number of aromatic nitrogens is 1. The number of urea groups is 1. The number of carbonyl (C=O) groups excluding carboxylic acids is 1. The molecule has 0 bridgehead atoms. The largest absolute Gasteiger partial charge is 0.478 e. The Morgan fingerprint density at radius 2 is 1.81 bits per heavy atom. The standard InChI is InChI=1S/C23H23ClN4O3/c1-13-5-8-21(14(2)9-13)26-23(31)27-25-12-17-10-15(3)28(16(17)4)18-6-7-19(22(29)30)20(24)11-18/h5-12H,1-4H3,(H,29,30)(H2,26,27,31)/b25-12+. The molecule has 1 aromatic heterocycles. The average molecular weight is 439 g/mol. The number of hydrogen-bond acceptors (Lipinski definition) is 3. The highest BCUT2D eigenvalue weighted by molar-refractivity contribution is 6.33. The average Bonchev–Trinajstić information content (AvgIpc) is 2.97. The van der Waals surface area contributed by atoms with Crippen molar-refractivity contribution in [2.24, 2.45) is 5.10 Å². The van der Waals surface area contributed by atoms with Gasteiger partial charge in [0.05, 0.1) is 16.8 Å². The van der Waals surface area contributed by atoms with Crippen LogP contribution in [-0.2, 0) is 0 Å². The Balaban J connectivity index is 1.74. The Morgan fingerprint density at radius 3 is 2.45 bits per heavy atom. The summed E-state index contributed by atoms with van der Waals surface area (Å²) in [5.74, 6) is -1.07. The molecule has 0 atom stereocenters. The summed E-state index contributed by atoms with van der Waals surface area (Å²) in [6.07, 6.45) is 1.56. The molecule has 0 saturated carbocycles. The van der Waals surface area contributed by atoms with Gasteiger partial charge >= 0.3 is 12.0 Å². The highest BCUT2D eigenvalue weighted by Gasteiger charge is 2.13. The fourth-order valence-electron chi connectivity index (χ4n) is 3.40. The number of aromatic carboxylic acids is 1. The number of benzene rings is 2. The van der Waals surface area contributed by atoms with Crippen molar-refractivity contribution in [1.82, 2.24) is 9.99 Å². The van der Waals surface area contributed by atoms with E-state index in [0.717, 1.165) is 39.5 Å². The molecule has 3 rings (SSSR count). The molecule has 2 amide bonds. The lowest BCUT2D eigenvalue weighted by molar-refractivity contribution is 0.0697. The van der Waals surface area contributed by atoms with Crippen LogP contribution in [0.2, 0.25) is 5.02 Å². The molecular weight excluding hydrogens is 416 g/mol. The normalized spacial score (nSPS) is 11.0. The third-order valence-corrected chi connectivity index (χ3v) is 5.22. The van der Waals surface area contributed by atoms with E-state index in [4.69, 9.17) is 16.7 Å². The van der Waals surface area contributed by atoms with Gasteiger partial charge in [0.15, 0.2) is 0 Å². The van der Waals surface area contributed by atoms with E-state index < -0.39 is 12.0 Å². The molecule has 1 heterocycles. The van der Waals surface area contributed by atoms with Crippen LogP contribution >= 0.6 is 11.6 Å². The van der Waals surface area contributed by atoms with E-state index in [1.54, 1.807) is 18.3 Å². The van der Waals surface area contributed by atoms with Crippen LogP contribution < -0.4 is 10.7 Å². The molecule has 0 unspecified atom stereocenters. The molecule has 0 aliphatic heterocycles. The summed E-state index contributed by atoms with van der Waals surface area (Å²) in [7, 11) is 0. The number of nitrogens with zero attached hydrogens (tertiary/aromatic N) is 2. The molecular formula is C23H23ClN4O3. The van der Waals surface area contributed by atoms with Crippen LogP contribution in [0, 0.1) is 27.7 Å². The Bertz CT molecular complexity index is 1200. The first-order valence-corrected chi connectivity index (χ1v) is 9.94. The maximum atomic E-state index is 12.1. The molecule has 0 fully saturated rings. The summed E-state index contributed by atoms with van der Waals surface area (Å²) in [6.45, 7) is 7.74. The number of carboxylic acids is 1. The Hall–Kier alpha value is -3.58. The molecule has 0 aliphatic rings. The van der Waals surface area contributed by atoms with Crippen molar-refractivity contribution in [1.29, 1.82) is 0 Å². The first kappa shape index (κ1) is 22.1. The van der Waals surface area contributed by atoms with E-state index in [2.05, 4.69) is 15.8 Å². The van der Waals surface area contributed by atoms with Crippen molar-refractivity contribution >= 4 is 35.5 Å². The number of hydrogen-bond donors (Lipinski definition) is 3. The summed E-state index contributed by atoms with van der Waals surface area (Å²) in [5, 5.41) is 16.1. The van der Waals surface area contributed by atoms with Crippen LogP contribution in [0.15, 0.2) is 47.6 Å². The lowest BCUT2D eigenvalue weighted by Crippen LogP contribution is -2.24. The number of rotatable bonds is 5. The molecule has 2 aromatic carbocycles. The van der Waals surface area contributed by atoms with Crippen LogP contribution in [0.3, 0.4) is 0 Å². The van der Waals surface area contributed by atoms with E-state index in [9.17, 15) is 9.59 Å². The summed E-state index contributed by atoms with van der Waals surface area (Å²) in [4.78, 5) is 23.3. The van der Waals surface area contributed by atoms with Gasteiger partial charge in [0.2, 0.25) is 0 Å². The number of anilines is 1. The van der Waals surface area contributed by atoms with Crippen LogP contribution in [0.25, 0.3) is 5.69 Å². The second-order valence-corrected chi connectivity index (χ2v) is 7.68. The van der Waals surface area contributed by atoms with Gasteiger partial charge in [0.25, 0.3) is 0 Å². The van der Waals surface area contributed by atoms with Gasteiger partial charge in [-0.15, -0.1) is 0 Å². The molecule has 3 aromatic rings. The fraction of sp³-hybridized carbons (Fsp3) is 0.174. The molecule has 0 radical (unpaired) electrons. The number of aryl methyl sites for hydroxylation is 3. The van der Waals surface area contributed by atoms with E-state index in [1.165, 1.54) is 6.07 Å². The van der Waals surface area contributed by atoms with E-state index in [0.29, 0.717) is 0 Å². The van der Waals surface area contributed by atoms with Crippen molar-refractivity contribution in [3.05, 3.63) is 81.1 Å². The topological polar surface area (TPSA) is 95.7 Å². The monoisotopic (exact) mass is 438 g/mol. The first-order chi connectivity index (χ1) is 14.7. The minimum Gasteiger partial charge on any atom is -0.478 e. The van der Waals surface area contributed by atoms with Crippen molar-refractivity contribution in [3.63, 3.8) is 0 Å². The lowest BCUT2D eigenvalue weighted by atomic mass is 10.1. The lowest BCUT2D eigenvalue weighted by Gasteiger charge is -2.11. The van der Waals surface area contributed by atoms with Gasteiger partial charge in [-0.05, 0) is 63.6 Å². The van der Waals surface area contributed by atoms with E-state index in [-0.39, 0.29) is 10.6 Å². The predicted octanol–water partition coefficient (Wildman–Crippen LogP) is 5.22. The van der Waals surface area contributed by atoms with Crippen molar-refractivity contribution in [3.8, 4) is 5.69 Å². The maximum Gasteiger partial charge on any atom is 0.339 e. The third kappa shape index (κ3) is 4.95. The summed E-state index contributed by atoms with van der Waals surface area (Å²) in [5.41, 5.74) is 8.66. The quantitative estimate of drug-likeness (QED) is 0.376. The third-order valence-electron chi connectivity index (χ3n) is 4.91. The van der Waals surface area contributed by atoms with E-state index in [1.807, 2.05) is 56.5 Å². The smallest absolute Gasteiger partial charge is 0.339 e. The van der Waals surface area contributed by atoms with Gasteiger partial charge in [-0.1, -0.05) is 29.3 Å². The van der Waals surface area contributed by atoms with Crippen LogP contribution in [-0.4, -0.2) is 27.9 Å². The SMILES string of the molecule is Cc1ccc(NC(=O)N/N=C/c2cc(C)n(-c3ccc(C(=O)O)c(Cl)c3)c2C)c(C)c1. The van der Waals surface area contributed by atoms with Crippen molar-refractivity contribution in [2.45, 2.75) is 27.7 Å². The van der Waals surface area contributed by atoms with Gasteiger partial charge < -0.3 is 15.0 Å². The number of carboxylic acid groups (broad SMARTS) is 1. The Morgan fingerprint density at radius 1 is 1.06 bits per heavy atom. The maximum absolute atomic E-state index is 12.1.